The van der Waals surface area contributed by atoms with E-state index in [9.17, 15) is 5.11 Å². The fourth-order valence-corrected chi connectivity index (χ4v) is 2.80. The summed E-state index contributed by atoms with van der Waals surface area (Å²) in [6.07, 6.45) is 3.22. The maximum absolute atomic E-state index is 10.3. The molecule has 0 amide bonds. The molecule has 4 nitrogen and oxygen atoms in total. The molecule has 2 N–H and O–H groups in total. The van der Waals surface area contributed by atoms with Gasteiger partial charge in [0.2, 0.25) is 0 Å². The fourth-order valence-electron chi connectivity index (χ4n) is 2.80. The molecule has 94 valence electrons. The Labute approximate surface area is 98.0 Å². The predicted octanol–water partition coefficient (Wildman–Crippen LogP) is 0.0692. The van der Waals surface area contributed by atoms with Crippen LogP contribution in [0, 0.1) is 5.92 Å². The van der Waals surface area contributed by atoms with Gasteiger partial charge in [-0.05, 0) is 38.8 Å². The molecule has 2 aliphatic rings. The second-order valence-electron chi connectivity index (χ2n) is 5.40. The van der Waals surface area contributed by atoms with Crippen LogP contribution in [0.25, 0.3) is 0 Å². The Morgan fingerprint density at radius 1 is 1.44 bits per heavy atom. The van der Waals surface area contributed by atoms with E-state index in [-0.39, 0.29) is 0 Å². The van der Waals surface area contributed by atoms with Gasteiger partial charge in [0.1, 0.15) is 0 Å². The van der Waals surface area contributed by atoms with E-state index < -0.39 is 5.60 Å². The average Bonchev–Trinajstić information content (AvgIpc) is 2.66. The molecular weight excluding hydrogens is 204 g/mol. The zero-order chi connectivity index (χ0) is 11.4. The number of ether oxygens (including phenoxy) is 1. The molecule has 0 aliphatic carbocycles. The summed E-state index contributed by atoms with van der Waals surface area (Å²) < 4.78 is 5.36. The van der Waals surface area contributed by atoms with Gasteiger partial charge in [-0.15, -0.1) is 0 Å². The van der Waals surface area contributed by atoms with Crippen molar-refractivity contribution in [2.45, 2.75) is 24.9 Å². The van der Waals surface area contributed by atoms with Crippen LogP contribution < -0.4 is 5.32 Å². The van der Waals surface area contributed by atoms with Gasteiger partial charge >= 0.3 is 0 Å². The summed E-state index contributed by atoms with van der Waals surface area (Å²) in [5.41, 5.74) is -0.500. The first-order valence-electron chi connectivity index (χ1n) is 6.37. The van der Waals surface area contributed by atoms with Crippen LogP contribution in [0.15, 0.2) is 0 Å². The highest BCUT2D eigenvalue weighted by molar-refractivity contribution is 4.90. The Kier molecular flexibility index (Phi) is 4.19. The molecule has 16 heavy (non-hydrogen) atoms. The SMILES string of the molecule is CN(CC1CCOCC1)CC1(O)CCNC1. The zero-order valence-corrected chi connectivity index (χ0v) is 10.2. The molecule has 0 radical (unpaired) electrons. The van der Waals surface area contributed by atoms with Crippen LogP contribution >= 0.6 is 0 Å². The molecule has 2 aliphatic heterocycles. The first-order valence-corrected chi connectivity index (χ1v) is 6.37. The summed E-state index contributed by atoms with van der Waals surface area (Å²) in [6.45, 7) is 5.38. The van der Waals surface area contributed by atoms with Crippen LogP contribution in [0.1, 0.15) is 19.3 Å². The van der Waals surface area contributed by atoms with E-state index in [2.05, 4.69) is 17.3 Å². The summed E-state index contributed by atoms with van der Waals surface area (Å²) in [7, 11) is 2.12. The van der Waals surface area contributed by atoms with Crippen LogP contribution in [0.2, 0.25) is 0 Å². The van der Waals surface area contributed by atoms with Crippen molar-refractivity contribution in [3.8, 4) is 0 Å². The monoisotopic (exact) mass is 228 g/mol. The number of nitrogens with zero attached hydrogens (tertiary/aromatic N) is 1. The van der Waals surface area contributed by atoms with Gasteiger partial charge in [0.05, 0.1) is 5.60 Å². The molecule has 0 aromatic carbocycles. The molecule has 2 fully saturated rings. The highest BCUT2D eigenvalue weighted by atomic mass is 16.5. The molecule has 0 bridgehead atoms. The van der Waals surface area contributed by atoms with E-state index in [0.717, 1.165) is 51.7 Å². The van der Waals surface area contributed by atoms with Gasteiger partial charge in [-0.1, -0.05) is 0 Å². The molecule has 0 saturated carbocycles. The van der Waals surface area contributed by atoms with Gasteiger partial charge in [-0.25, -0.2) is 0 Å². The molecule has 2 saturated heterocycles. The summed E-state index contributed by atoms with van der Waals surface area (Å²) >= 11 is 0. The van der Waals surface area contributed by atoms with E-state index >= 15 is 0 Å². The lowest BCUT2D eigenvalue weighted by atomic mass is 9.98. The van der Waals surface area contributed by atoms with Gasteiger partial charge in [-0.2, -0.15) is 0 Å². The number of hydrogen-bond acceptors (Lipinski definition) is 4. The van der Waals surface area contributed by atoms with E-state index in [4.69, 9.17) is 4.74 Å². The number of likely N-dealkylation sites (N-methyl/N-ethyl adjacent to an activating group) is 1. The summed E-state index contributed by atoms with van der Waals surface area (Å²) in [5.74, 6) is 0.747. The number of β-amino-alcohol motifs (C(OH)–C–C–N with tert-alkyl or cyclic N) is 1. The number of hydrogen-bond donors (Lipinski definition) is 2. The normalized spacial score (nSPS) is 32.4. The van der Waals surface area contributed by atoms with Gasteiger partial charge in [-0.3, -0.25) is 0 Å². The van der Waals surface area contributed by atoms with Crippen molar-refractivity contribution in [3.63, 3.8) is 0 Å². The maximum Gasteiger partial charge on any atom is 0.0909 e. The molecular formula is C12H24N2O2. The summed E-state index contributed by atoms with van der Waals surface area (Å²) in [5, 5.41) is 13.5. The van der Waals surface area contributed by atoms with Gasteiger partial charge in [0.15, 0.2) is 0 Å². The molecule has 0 aromatic heterocycles. The third-order valence-corrected chi connectivity index (χ3v) is 3.70. The minimum atomic E-state index is -0.500. The molecule has 1 atom stereocenters. The lowest BCUT2D eigenvalue weighted by Gasteiger charge is -2.32. The minimum Gasteiger partial charge on any atom is -0.387 e. The van der Waals surface area contributed by atoms with Crippen LogP contribution in [0.5, 0.6) is 0 Å². The number of rotatable bonds is 4. The fraction of sp³-hybridized carbons (Fsp3) is 1.00. The Morgan fingerprint density at radius 2 is 2.19 bits per heavy atom. The first-order chi connectivity index (χ1) is 7.68. The second kappa shape index (κ2) is 5.45. The maximum atomic E-state index is 10.3. The summed E-state index contributed by atoms with van der Waals surface area (Å²) in [4.78, 5) is 2.28. The third-order valence-electron chi connectivity index (χ3n) is 3.70. The molecule has 2 rings (SSSR count). The third kappa shape index (κ3) is 3.42. The van der Waals surface area contributed by atoms with E-state index in [1.54, 1.807) is 0 Å². The van der Waals surface area contributed by atoms with Crippen LogP contribution in [-0.4, -0.2) is 62.0 Å². The van der Waals surface area contributed by atoms with Crippen LogP contribution in [0.4, 0.5) is 0 Å². The first kappa shape index (κ1) is 12.3. The lowest BCUT2D eigenvalue weighted by Crippen LogP contribution is -2.44. The smallest absolute Gasteiger partial charge is 0.0909 e. The summed E-state index contributed by atoms with van der Waals surface area (Å²) in [6, 6.07) is 0. The van der Waals surface area contributed by atoms with Crippen molar-refractivity contribution >= 4 is 0 Å². The van der Waals surface area contributed by atoms with Crippen molar-refractivity contribution < 1.29 is 9.84 Å². The van der Waals surface area contributed by atoms with E-state index in [0.29, 0.717) is 0 Å². The number of aliphatic hydroxyl groups is 1. The van der Waals surface area contributed by atoms with Crippen molar-refractivity contribution in [1.82, 2.24) is 10.2 Å². The topological polar surface area (TPSA) is 44.7 Å². The molecule has 0 aromatic rings. The zero-order valence-electron chi connectivity index (χ0n) is 10.2. The molecule has 1 unspecified atom stereocenters. The minimum absolute atomic E-state index is 0.500. The van der Waals surface area contributed by atoms with Crippen LogP contribution in [0.3, 0.4) is 0 Å². The van der Waals surface area contributed by atoms with Crippen LogP contribution in [-0.2, 0) is 4.74 Å². The highest BCUT2D eigenvalue weighted by Crippen LogP contribution is 2.19. The Morgan fingerprint density at radius 3 is 2.81 bits per heavy atom. The molecule has 0 spiro atoms. The van der Waals surface area contributed by atoms with Gasteiger partial charge < -0.3 is 20.1 Å². The largest absolute Gasteiger partial charge is 0.387 e. The van der Waals surface area contributed by atoms with Gasteiger partial charge in [0.25, 0.3) is 0 Å². The predicted molar refractivity (Wildman–Crippen MR) is 63.5 cm³/mol. The Bertz CT molecular complexity index is 211. The molecule has 4 heteroatoms. The van der Waals surface area contributed by atoms with Crippen molar-refractivity contribution in [3.05, 3.63) is 0 Å². The second-order valence-corrected chi connectivity index (χ2v) is 5.40. The Balaban J connectivity index is 1.72. The molecule has 2 heterocycles. The van der Waals surface area contributed by atoms with Gasteiger partial charge in [0, 0.05) is 32.8 Å². The number of nitrogens with one attached hydrogen (secondary N) is 1. The van der Waals surface area contributed by atoms with E-state index in [1.807, 2.05) is 0 Å². The van der Waals surface area contributed by atoms with E-state index in [1.165, 1.54) is 12.8 Å². The highest BCUT2D eigenvalue weighted by Gasteiger charge is 2.32. The standard InChI is InChI=1S/C12H24N2O2/c1-14(8-11-2-6-16-7-3-11)10-12(15)4-5-13-9-12/h11,13,15H,2-10H2,1H3. The van der Waals surface area contributed by atoms with Crippen molar-refractivity contribution in [2.75, 3.05) is 46.4 Å². The Hall–Kier alpha value is -0.160. The van der Waals surface area contributed by atoms with Crippen molar-refractivity contribution in [1.29, 1.82) is 0 Å². The quantitative estimate of drug-likeness (QED) is 0.715. The van der Waals surface area contributed by atoms with Crippen molar-refractivity contribution in [2.24, 2.45) is 5.92 Å². The lowest BCUT2D eigenvalue weighted by molar-refractivity contribution is 0.0123. The average molecular weight is 228 g/mol.